The van der Waals surface area contributed by atoms with Crippen LogP contribution in [0.15, 0.2) is 48.5 Å². The molecule has 0 aliphatic carbocycles. The maximum Gasteiger partial charge on any atom is 0.257 e. The SMILES string of the molecule is CCCCN(CC(=O)Nc1cc(C(C)(C)C)nn1-c1ccc(Cl)c(Cl)c1)C(=O)c1ccccc1F. The normalized spacial score (nSPS) is 11.4. The Bertz CT molecular complexity index is 1220. The summed E-state index contributed by atoms with van der Waals surface area (Å²) in [6.45, 7) is 8.12. The first-order valence-electron chi connectivity index (χ1n) is 11.4. The topological polar surface area (TPSA) is 67.2 Å². The molecule has 0 aliphatic heterocycles. The van der Waals surface area contributed by atoms with Crippen LogP contribution in [0.25, 0.3) is 5.69 Å². The van der Waals surface area contributed by atoms with Crippen LogP contribution >= 0.6 is 23.2 Å². The predicted molar refractivity (Wildman–Crippen MR) is 138 cm³/mol. The molecule has 0 unspecified atom stereocenters. The fourth-order valence-corrected chi connectivity index (χ4v) is 3.70. The van der Waals surface area contributed by atoms with E-state index in [2.05, 4.69) is 10.4 Å². The zero-order valence-corrected chi connectivity index (χ0v) is 21.8. The number of carbonyl (C=O) groups is 2. The van der Waals surface area contributed by atoms with E-state index in [1.807, 2.05) is 27.7 Å². The van der Waals surface area contributed by atoms with Crippen molar-refractivity contribution < 1.29 is 14.0 Å². The number of nitrogens with zero attached hydrogens (tertiary/aromatic N) is 3. The van der Waals surface area contributed by atoms with Crippen molar-refractivity contribution in [2.75, 3.05) is 18.4 Å². The molecule has 0 aliphatic rings. The summed E-state index contributed by atoms with van der Waals surface area (Å²) < 4.78 is 15.8. The van der Waals surface area contributed by atoms with Gasteiger partial charge in [-0.3, -0.25) is 9.59 Å². The molecule has 0 saturated heterocycles. The molecule has 1 heterocycles. The smallest absolute Gasteiger partial charge is 0.257 e. The number of benzene rings is 2. The molecular weight excluding hydrogens is 490 g/mol. The first-order valence-corrected chi connectivity index (χ1v) is 12.2. The second-order valence-electron chi connectivity index (χ2n) is 9.28. The lowest BCUT2D eigenvalue weighted by Crippen LogP contribution is -2.39. The van der Waals surface area contributed by atoms with Crippen LogP contribution < -0.4 is 5.32 Å². The Hall–Kier alpha value is -2.90. The minimum absolute atomic E-state index is 0.0627. The number of nitrogens with one attached hydrogen (secondary N) is 1. The molecule has 0 radical (unpaired) electrons. The van der Waals surface area contributed by atoms with Crippen molar-refractivity contribution in [3.63, 3.8) is 0 Å². The van der Waals surface area contributed by atoms with E-state index in [0.29, 0.717) is 34.5 Å². The van der Waals surface area contributed by atoms with Crippen molar-refractivity contribution in [2.45, 2.75) is 46.0 Å². The zero-order chi connectivity index (χ0) is 25.8. The molecule has 6 nitrogen and oxygen atoms in total. The summed E-state index contributed by atoms with van der Waals surface area (Å²) in [4.78, 5) is 27.5. The Labute approximate surface area is 215 Å². The first kappa shape index (κ1) is 26.7. The molecule has 1 aromatic heterocycles. The molecule has 35 heavy (non-hydrogen) atoms. The van der Waals surface area contributed by atoms with E-state index in [1.165, 1.54) is 23.1 Å². The highest BCUT2D eigenvalue weighted by atomic mass is 35.5. The van der Waals surface area contributed by atoms with E-state index in [4.69, 9.17) is 23.2 Å². The van der Waals surface area contributed by atoms with Crippen molar-refractivity contribution in [3.05, 3.63) is 75.7 Å². The van der Waals surface area contributed by atoms with E-state index in [9.17, 15) is 14.0 Å². The summed E-state index contributed by atoms with van der Waals surface area (Å²) in [6.07, 6.45) is 1.50. The summed E-state index contributed by atoms with van der Waals surface area (Å²) in [5.41, 5.74) is 1.03. The Balaban J connectivity index is 1.89. The number of anilines is 1. The third kappa shape index (κ3) is 6.61. The molecule has 3 rings (SSSR count). The summed E-state index contributed by atoms with van der Waals surface area (Å²) in [5.74, 6) is -1.15. The lowest BCUT2D eigenvalue weighted by molar-refractivity contribution is -0.117. The van der Waals surface area contributed by atoms with Gasteiger partial charge in [-0.15, -0.1) is 0 Å². The maximum absolute atomic E-state index is 14.2. The number of aromatic nitrogens is 2. The van der Waals surface area contributed by atoms with E-state index in [-0.39, 0.29) is 17.5 Å². The van der Waals surface area contributed by atoms with Crippen LogP contribution in [0.2, 0.25) is 10.0 Å². The maximum atomic E-state index is 14.2. The van der Waals surface area contributed by atoms with Crippen LogP contribution in [0.1, 0.15) is 56.6 Å². The number of halogens is 3. The van der Waals surface area contributed by atoms with Gasteiger partial charge < -0.3 is 10.2 Å². The van der Waals surface area contributed by atoms with E-state index >= 15 is 0 Å². The molecule has 2 amide bonds. The largest absolute Gasteiger partial charge is 0.329 e. The van der Waals surface area contributed by atoms with Gasteiger partial charge in [0.05, 0.1) is 27.0 Å². The van der Waals surface area contributed by atoms with Crippen molar-refractivity contribution in [1.29, 1.82) is 0 Å². The minimum atomic E-state index is -0.619. The number of amides is 2. The number of hydrogen-bond acceptors (Lipinski definition) is 3. The molecule has 186 valence electrons. The standard InChI is InChI=1S/C26H29Cl2FN4O2/c1-5-6-13-32(25(35)18-9-7-8-10-21(18)29)16-24(34)30-23-15-22(26(2,3)4)31-33(23)17-11-12-19(27)20(28)14-17/h7-12,14-15H,5-6,13,16H2,1-4H3,(H,30,34). The first-order chi connectivity index (χ1) is 16.5. The molecule has 0 atom stereocenters. The molecule has 2 aromatic carbocycles. The number of carbonyl (C=O) groups excluding carboxylic acids is 2. The lowest BCUT2D eigenvalue weighted by Gasteiger charge is -2.22. The van der Waals surface area contributed by atoms with E-state index in [1.54, 1.807) is 35.0 Å². The second-order valence-corrected chi connectivity index (χ2v) is 10.1. The molecular formula is C26H29Cl2FN4O2. The summed E-state index contributed by atoms with van der Waals surface area (Å²) in [5, 5.41) is 8.29. The average molecular weight is 519 g/mol. The van der Waals surface area contributed by atoms with Crippen molar-refractivity contribution in [3.8, 4) is 5.69 Å². The Morgan fingerprint density at radius 2 is 1.80 bits per heavy atom. The molecule has 0 spiro atoms. The fourth-order valence-electron chi connectivity index (χ4n) is 3.41. The highest BCUT2D eigenvalue weighted by Gasteiger charge is 2.24. The van der Waals surface area contributed by atoms with Gasteiger partial charge in [-0.05, 0) is 36.8 Å². The van der Waals surface area contributed by atoms with Gasteiger partial charge in [0, 0.05) is 18.0 Å². The monoisotopic (exact) mass is 518 g/mol. The molecule has 0 saturated carbocycles. The Morgan fingerprint density at radius 1 is 1.09 bits per heavy atom. The van der Waals surface area contributed by atoms with Crippen molar-refractivity contribution >= 4 is 40.8 Å². The molecule has 3 aromatic rings. The lowest BCUT2D eigenvalue weighted by atomic mass is 9.92. The fraction of sp³-hybridized carbons (Fsp3) is 0.346. The molecule has 9 heteroatoms. The third-order valence-electron chi connectivity index (χ3n) is 5.40. The number of rotatable bonds is 8. The molecule has 1 N–H and O–H groups in total. The highest BCUT2D eigenvalue weighted by molar-refractivity contribution is 6.42. The highest BCUT2D eigenvalue weighted by Crippen LogP contribution is 2.29. The van der Waals surface area contributed by atoms with Gasteiger partial charge in [0.2, 0.25) is 5.91 Å². The van der Waals surface area contributed by atoms with Crippen LogP contribution in [0.4, 0.5) is 10.2 Å². The predicted octanol–water partition coefficient (Wildman–Crippen LogP) is 6.50. The van der Waals surface area contributed by atoms with Crippen molar-refractivity contribution in [2.24, 2.45) is 0 Å². The third-order valence-corrected chi connectivity index (χ3v) is 6.14. The Kier molecular flexibility index (Phi) is 8.56. The average Bonchev–Trinajstić information content (AvgIpc) is 3.22. The van der Waals surface area contributed by atoms with E-state index in [0.717, 1.165) is 12.1 Å². The molecule has 0 fully saturated rings. The van der Waals surface area contributed by atoms with Gasteiger partial charge in [-0.25, -0.2) is 9.07 Å². The van der Waals surface area contributed by atoms with Gasteiger partial charge >= 0.3 is 0 Å². The number of unbranched alkanes of at least 4 members (excludes halogenated alkanes) is 1. The summed E-state index contributed by atoms with van der Waals surface area (Å²) in [7, 11) is 0. The number of hydrogen-bond donors (Lipinski definition) is 1. The second kappa shape index (κ2) is 11.2. The summed E-state index contributed by atoms with van der Waals surface area (Å²) >= 11 is 12.3. The molecule has 0 bridgehead atoms. The van der Waals surface area contributed by atoms with Gasteiger partial charge in [0.15, 0.2) is 0 Å². The van der Waals surface area contributed by atoms with Crippen LogP contribution in [-0.2, 0) is 10.2 Å². The van der Waals surface area contributed by atoms with Gasteiger partial charge in [0.1, 0.15) is 18.2 Å². The van der Waals surface area contributed by atoms with Gasteiger partial charge in [-0.2, -0.15) is 5.10 Å². The Morgan fingerprint density at radius 3 is 2.43 bits per heavy atom. The van der Waals surface area contributed by atoms with E-state index < -0.39 is 17.6 Å². The van der Waals surface area contributed by atoms with Gasteiger partial charge in [-0.1, -0.05) is 69.5 Å². The van der Waals surface area contributed by atoms with Crippen LogP contribution in [0.3, 0.4) is 0 Å². The summed E-state index contributed by atoms with van der Waals surface area (Å²) in [6, 6.07) is 12.6. The van der Waals surface area contributed by atoms with Crippen LogP contribution in [-0.4, -0.2) is 39.6 Å². The minimum Gasteiger partial charge on any atom is -0.329 e. The van der Waals surface area contributed by atoms with Crippen molar-refractivity contribution in [1.82, 2.24) is 14.7 Å². The quantitative estimate of drug-likeness (QED) is 0.370. The van der Waals surface area contributed by atoms with Crippen LogP contribution in [0, 0.1) is 5.82 Å². The van der Waals surface area contributed by atoms with Crippen LogP contribution in [0.5, 0.6) is 0 Å². The van der Waals surface area contributed by atoms with Gasteiger partial charge in [0.25, 0.3) is 5.91 Å². The zero-order valence-electron chi connectivity index (χ0n) is 20.2.